The summed E-state index contributed by atoms with van der Waals surface area (Å²) in [6, 6.07) is 1.57. The Balaban J connectivity index is 1.47. The molecule has 0 aromatic rings. The van der Waals surface area contributed by atoms with E-state index in [1.807, 2.05) is 0 Å². The van der Waals surface area contributed by atoms with Crippen LogP contribution in [-0.2, 0) is 0 Å². The molecule has 4 aliphatic rings. The van der Waals surface area contributed by atoms with Gasteiger partial charge in [-0.25, -0.2) is 0 Å². The fourth-order valence-corrected chi connectivity index (χ4v) is 7.89. The SMILES string of the molecule is C1CCC(N=C2N(C3CCCCC3)P2C2CCCC2)CC1. The van der Waals surface area contributed by atoms with Gasteiger partial charge in [-0.3, -0.25) is 4.99 Å². The second kappa shape index (κ2) is 6.57. The Morgan fingerprint density at radius 3 is 1.95 bits per heavy atom. The summed E-state index contributed by atoms with van der Waals surface area (Å²) in [6.07, 6.45) is 20.3. The minimum absolute atomic E-state index is 0.0572. The van der Waals surface area contributed by atoms with Crippen molar-refractivity contribution >= 4 is 13.6 Å². The molecular formula is C18H31N2P. The van der Waals surface area contributed by atoms with Crippen molar-refractivity contribution in [2.75, 3.05) is 0 Å². The number of rotatable bonds is 3. The molecule has 21 heavy (non-hydrogen) atoms. The number of amidine groups is 1. The van der Waals surface area contributed by atoms with E-state index < -0.39 is 0 Å². The van der Waals surface area contributed by atoms with E-state index in [1.54, 1.807) is 5.58 Å². The van der Waals surface area contributed by atoms with E-state index in [0.29, 0.717) is 6.04 Å². The van der Waals surface area contributed by atoms with Crippen LogP contribution >= 0.6 is 8.07 Å². The lowest BCUT2D eigenvalue weighted by atomic mass is 9.95. The Labute approximate surface area is 131 Å². The molecule has 4 rings (SSSR count). The fourth-order valence-electron chi connectivity index (χ4n) is 4.80. The summed E-state index contributed by atoms with van der Waals surface area (Å²) >= 11 is 0. The zero-order valence-electron chi connectivity index (χ0n) is 13.5. The van der Waals surface area contributed by atoms with Crippen LogP contribution in [0.2, 0.25) is 0 Å². The van der Waals surface area contributed by atoms with Gasteiger partial charge in [0.1, 0.15) is 5.58 Å². The van der Waals surface area contributed by atoms with Crippen molar-refractivity contribution in [1.29, 1.82) is 0 Å². The first-order valence-corrected chi connectivity index (χ1v) is 11.0. The molecule has 118 valence electrons. The minimum Gasteiger partial charge on any atom is -0.324 e. The first-order valence-electron chi connectivity index (χ1n) is 9.59. The highest BCUT2D eigenvalue weighted by molar-refractivity contribution is 7.84. The highest BCUT2D eigenvalue weighted by Gasteiger charge is 2.52. The van der Waals surface area contributed by atoms with Gasteiger partial charge in [-0.15, -0.1) is 0 Å². The van der Waals surface area contributed by atoms with E-state index in [2.05, 4.69) is 4.67 Å². The van der Waals surface area contributed by atoms with Gasteiger partial charge in [0.15, 0.2) is 0 Å². The molecule has 0 spiro atoms. The van der Waals surface area contributed by atoms with Crippen LogP contribution in [0.4, 0.5) is 0 Å². The van der Waals surface area contributed by atoms with E-state index in [9.17, 15) is 0 Å². The molecule has 0 bridgehead atoms. The van der Waals surface area contributed by atoms with E-state index in [4.69, 9.17) is 4.99 Å². The maximum Gasteiger partial charge on any atom is 0.148 e. The number of hydrogen-bond donors (Lipinski definition) is 0. The average molecular weight is 306 g/mol. The van der Waals surface area contributed by atoms with Crippen molar-refractivity contribution in [1.82, 2.24) is 4.67 Å². The molecule has 0 N–H and O–H groups in total. The van der Waals surface area contributed by atoms with Gasteiger partial charge < -0.3 is 4.67 Å². The zero-order valence-corrected chi connectivity index (χ0v) is 14.4. The van der Waals surface area contributed by atoms with Crippen LogP contribution in [0.5, 0.6) is 0 Å². The summed E-state index contributed by atoms with van der Waals surface area (Å²) in [4.78, 5) is 5.30. The molecule has 3 heteroatoms. The van der Waals surface area contributed by atoms with E-state index >= 15 is 0 Å². The van der Waals surface area contributed by atoms with Gasteiger partial charge in [-0.05, 0) is 38.5 Å². The quantitative estimate of drug-likeness (QED) is 0.485. The van der Waals surface area contributed by atoms with Crippen LogP contribution in [0.3, 0.4) is 0 Å². The van der Waals surface area contributed by atoms with Crippen LogP contribution in [-0.4, -0.2) is 28.0 Å². The summed E-state index contributed by atoms with van der Waals surface area (Å²) in [5.41, 5.74) is 2.64. The topological polar surface area (TPSA) is 15.4 Å². The normalized spacial score (nSPS) is 34.8. The third-order valence-electron chi connectivity index (χ3n) is 6.07. The molecule has 1 saturated heterocycles. The van der Waals surface area contributed by atoms with Crippen LogP contribution in [0.15, 0.2) is 4.99 Å². The summed E-state index contributed by atoms with van der Waals surface area (Å²) in [7, 11) is 0.0572. The summed E-state index contributed by atoms with van der Waals surface area (Å²) in [5, 5.41) is 0. The van der Waals surface area contributed by atoms with Crippen molar-refractivity contribution < 1.29 is 0 Å². The van der Waals surface area contributed by atoms with Gasteiger partial charge in [0.25, 0.3) is 0 Å². The molecule has 1 heterocycles. The number of aliphatic imine (C=N–C) groups is 1. The maximum absolute atomic E-state index is 5.30. The van der Waals surface area contributed by atoms with Crippen LogP contribution in [0.25, 0.3) is 0 Å². The van der Waals surface area contributed by atoms with E-state index in [0.717, 1.165) is 11.7 Å². The molecule has 1 unspecified atom stereocenters. The Morgan fingerprint density at radius 2 is 1.29 bits per heavy atom. The number of nitrogens with zero attached hydrogens (tertiary/aromatic N) is 2. The predicted octanol–water partition coefficient (Wildman–Crippen LogP) is 5.66. The standard InChI is InChI=1S/C18H31N2P/c1-3-9-15(10-4-1)19-18-20(16-11-5-2-6-12-16)21(18)17-13-7-8-14-17/h15-17H,1-14H2. The molecule has 0 aromatic heterocycles. The van der Waals surface area contributed by atoms with Gasteiger partial charge in [-0.2, -0.15) is 0 Å². The van der Waals surface area contributed by atoms with Crippen molar-refractivity contribution in [3.63, 3.8) is 0 Å². The Kier molecular flexibility index (Phi) is 4.53. The van der Waals surface area contributed by atoms with Crippen LogP contribution in [0, 0.1) is 0 Å². The highest BCUT2D eigenvalue weighted by atomic mass is 31.1. The van der Waals surface area contributed by atoms with Crippen molar-refractivity contribution in [2.45, 2.75) is 108 Å². The highest BCUT2D eigenvalue weighted by Crippen LogP contribution is 2.69. The molecule has 1 atom stereocenters. The smallest absolute Gasteiger partial charge is 0.148 e. The summed E-state index contributed by atoms with van der Waals surface area (Å²) < 4.78 is 2.86. The Bertz CT molecular complexity index is 377. The average Bonchev–Trinajstić information content (AvgIpc) is 2.98. The molecule has 2 nitrogen and oxygen atoms in total. The van der Waals surface area contributed by atoms with Crippen LogP contribution < -0.4 is 0 Å². The molecule has 3 saturated carbocycles. The first-order chi connectivity index (χ1) is 10.4. The Morgan fingerprint density at radius 1 is 0.714 bits per heavy atom. The predicted molar refractivity (Wildman–Crippen MR) is 92.2 cm³/mol. The lowest BCUT2D eigenvalue weighted by Gasteiger charge is -2.24. The van der Waals surface area contributed by atoms with Gasteiger partial charge >= 0.3 is 0 Å². The van der Waals surface area contributed by atoms with Crippen molar-refractivity contribution in [3.05, 3.63) is 0 Å². The largest absolute Gasteiger partial charge is 0.324 e. The second-order valence-corrected chi connectivity index (χ2v) is 9.89. The third kappa shape index (κ3) is 3.16. The van der Waals surface area contributed by atoms with Gasteiger partial charge in [0, 0.05) is 11.7 Å². The molecule has 3 aliphatic carbocycles. The minimum atomic E-state index is 0.0572. The second-order valence-electron chi connectivity index (χ2n) is 7.64. The molecule has 1 aliphatic heterocycles. The van der Waals surface area contributed by atoms with Gasteiger partial charge in [-0.1, -0.05) is 51.4 Å². The first kappa shape index (κ1) is 14.5. The molecule has 0 aromatic carbocycles. The molecular weight excluding hydrogens is 275 g/mol. The van der Waals surface area contributed by atoms with E-state index in [1.165, 1.54) is 89.9 Å². The monoisotopic (exact) mass is 306 g/mol. The lowest BCUT2D eigenvalue weighted by molar-refractivity contribution is 0.353. The molecule has 4 fully saturated rings. The van der Waals surface area contributed by atoms with Crippen molar-refractivity contribution in [2.24, 2.45) is 4.99 Å². The van der Waals surface area contributed by atoms with Crippen LogP contribution in [0.1, 0.15) is 89.9 Å². The summed E-state index contributed by atoms with van der Waals surface area (Å²) in [5.74, 6) is 0. The fraction of sp³-hybridized carbons (Fsp3) is 0.944. The Hall–Kier alpha value is -0.100. The molecule has 0 radical (unpaired) electrons. The van der Waals surface area contributed by atoms with Gasteiger partial charge in [0.05, 0.1) is 14.1 Å². The summed E-state index contributed by atoms with van der Waals surface area (Å²) in [6.45, 7) is 0. The number of hydrogen-bond acceptors (Lipinski definition) is 1. The van der Waals surface area contributed by atoms with E-state index in [-0.39, 0.29) is 8.07 Å². The van der Waals surface area contributed by atoms with Gasteiger partial charge in [0.2, 0.25) is 0 Å². The van der Waals surface area contributed by atoms with Crippen molar-refractivity contribution in [3.8, 4) is 0 Å². The maximum atomic E-state index is 5.30. The third-order valence-corrected chi connectivity index (χ3v) is 8.81. The lowest BCUT2D eigenvalue weighted by Crippen LogP contribution is -2.22. The molecule has 0 amide bonds. The zero-order chi connectivity index (χ0) is 14.1.